The van der Waals surface area contributed by atoms with E-state index in [0.29, 0.717) is 0 Å². The van der Waals surface area contributed by atoms with Crippen molar-refractivity contribution in [3.05, 3.63) is 23.8 Å². The summed E-state index contributed by atoms with van der Waals surface area (Å²) in [5.74, 6) is 0. The lowest BCUT2D eigenvalue weighted by atomic mass is 9.57. The van der Waals surface area contributed by atoms with Crippen LogP contribution in [0.3, 0.4) is 0 Å². The van der Waals surface area contributed by atoms with Crippen molar-refractivity contribution in [2.75, 3.05) is 0 Å². The van der Waals surface area contributed by atoms with E-state index in [2.05, 4.69) is 26.5 Å². The number of hydrogen-bond acceptors (Lipinski definition) is 1. The van der Waals surface area contributed by atoms with E-state index >= 15 is 0 Å². The van der Waals surface area contributed by atoms with E-state index < -0.39 is 0 Å². The summed E-state index contributed by atoms with van der Waals surface area (Å²) < 4.78 is 0. The van der Waals surface area contributed by atoms with E-state index in [-0.39, 0.29) is 10.8 Å². The normalized spacial score (nSPS) is 27.1. The van der Waals surface area contributed by atoms with Crippen LogP contribution in [0.1, 0.15) is 47.0 Å². The molecule has 84 valence electrons. The van der Waals surface area contributed by atoms with Crippen molar-refractivity contribution in [2.24, 2.45) is 10.8 Å². The van der Waals surface area contributed by atoms with Gasteiger partial charge in [0.25, 0.3) is 0 Å². The second-order valence-electron chi connectivity index (χ2n) is 5.46. The van der Waals surface area contributed by atoms with Gasteiger partial charge in [-0.25, -0.2) is 0 Å². The van der Waals surface area contributed by atoms with Crippen molar-refractivity contribution in [1.82, 2.24) is 0 Å². The first-order valence-corrected chi connectivity index (χ1v) is 5.64. The molecule has 0 bridgehead atoms. The monoisotopic (exact) mass is 206 g/mol. The Labute approximate surface area is 93.3 Å². The van der Waals surface area contributed by atoms with Gasteiger partial charge >= 0.3 is 0 Å². The molecule has 0 spiro atoms. The van der Waals surface area contributed by atoms with Gasteiger partial charge in [-0.2, -0.15) is 0 Å². The fourth-order valence-electron chi connectivity index (χ4n) is 2.60. The van der Waals surface area contributed by atoms with Crippen molar-refractivity contribution in [3.8, 4) is 0 Å². The van der Waals surface area contributed by atoms with Gasteiger partial charge < -0.3 is 4.79 Å². The van der Waals surface area contributed by atoms with Gasteiger partial charge in [-0.05, 0) is 33.1 Å². The Morgan fingerprint density at radius 2 is 2.20 bits per heavy atom. The number of allylic oxidation sites excluding steroid dienone is 3. The maximum absolute atomic E-state index is 11.3. The second-order valence-corrected chi connectivity index (χ2v) is 5.46. The minimum absolute atomic E-state index is 0.0335. The Bertz CT molecular complexity index is 309. The Morgan fingerprint density at radius 3 is 2.53 bits per heavy atom. The summed E-state index contributed by atoms with van der Waals surface area (Å²) in [5, 5.41) is 0. The first-order chi connectivity index (χ1) is 6.85. The third-order valence-corrected chi connectivity index (χ3v) is 4.09. The molecule has 0 saturated heterocycles. The lowest BCUT2D eigenvalue weighted by Gasteiger charge is -2.46. The number of carbonyl (C=O) groups excluding carboxylic acids is 1. The smallest absolute Gasteiger partial charge is 0.126 e. The van der Waals surface area contributed by atoms with E-state index in [1.165, 1.54) is 5.57 Å². The summed E-state index contributed by atoms with van der Waals surface area (Å²) in [7, 11) is 0. The molecule has 1 heteroatoms. The minimum atomic E-state index is -0.309. The van der Waals surface area contributed by atoms with Crippen LogP contribution in [0.5, 0.6) is 0 Å². The van der Waals surface area contributed by atoms with Crippen molar-refractivity contribution < 1.29 is 4.79 Å². The van der Waals surface area contributed by atoms with Crippen LogP contribution in [-0.4, -0.2) is 6.29 Å². The molecule has 15 heavy (non-hydrogen) atoms. The highest BCUT2D eigenvalue weighted by molar-refractivity contribution is 5.61. The van der Waals surface area contributed by atoms with Crippen molar-refractivity contribution in [1.29, 1.82) is 0 Å². The molecular weight excluding hydrogens is 184 g/mol. The molecule has 1 rings (SSSR count). The van der Waals surface area contributed by atoms with Gasteiger partial charge in [-0.15, -0.1) is 0 Å². The lowest BCUT2D eigenvalue weighted by molar-refractivity contribution is -0.120. The van der Waals surface area contributed by atoms with Crippen molar-refractivity contribution in [3.63, 3.8) is 0 Å². The predicted octanol–water partition coefficient (Wildman–Crippen LogP) is 3.90. The summed E-state index contributed by atoms with van der Waals surface area (Å²) in [4.78, 5) is 11.3. The maximum atomic E-state index is 11.3. The molecule has 1 aliphatic rings. The zero-order valence-electron chi connectivity index (χ0n) is 10.4. The molecule has 0 heterocycles. The highest BCUT2D eigenvalue weighted by Crippen LogP contribution is 2.52. The summed E-state index contributed by atoms with van der Waals surface area (Å²) in [5.41, 5.74) is 2.24. The molecule has 0 unspecified atom stereocenters. The highest BCUT2D eigenvalue weighted by Gasteiger charge is 2.45. The molecule has 0 N–H and O–H groups in total. The molecular formula is C14H22O. The predicted molar refractivity (Wildman–Crippen MR) is 64.7 cm³/mol. The number of aldehydes is 1. The molecule has 0 saturated carbocycles. The van der Waals surface area contributed by atoms with E-state index in [9.17, 15) is 4.79 Å². The van der Waals surface area contributed by atoms with Crippen LogP contribution in [0.2, 0.25) is 0 Å². The van der Waals surface area contributed by atoms with Crippen molar-refractivity contribution in [2.45, 2.75) is 47.0 Å². The van der Waals surface area contributed by atoms with Gasteiger partial charge in [0, 0.05) is 10.8 Å². The minimum Gasteiger partial charge on any atom is -0.303 e. The Balaban J connectivity index is 3.12. The maximum Gasteiger partial charge on any atom is 0.126 e. The van der Waals surface area contributed by atoms with Gasteiger partial charge in [-0.1, -0.05) is 37.6 Å². The van der Waals surface area contributed by atoms with Gasteiger partial charge in [0.15, 0.2) is 0 Å². The van der Waals surface area contributed by atoms with Gasteiger partial charge in [0.05, 0.1) is 0 Å². The number of hydrogen-bond donors (Lipinski definition) is 0. The highest BCUT2D eigenvalue weighted by atomic mass is 16.1. The van der Waals surface area contributed by atoms with Gasteiger partial charge in [0.1, 0.15) is 6.29 Å². The Kier molecular flexibility index (Phi) is 3.22. The lowest BCUT2D eigenvalue weighted by Crippen LogP contribution is -2.41. The standard InChI is InChI=1S/C14H22O/c1-11(2)14(13(4,5)10-15)8-6-12(3)7-9-14/h6,10H,1,7-9H2,2-5H3/t14-/m1/s1. The Morgan fingerprint density at radius 1 is 1.60 bits per heavy atom. The summed E-state index contributed by atoms with van der Waals surface area (Å²) in [6, 6.07) is 0. The van der Waals surface area contributed by atoms with Gasteiger partial charge in [0.2, 0.25) is 0 Å². The van der Waals surface area contributed by atoms with Crippen LogP contribution < -0.4 is 0 Å². The first kappa shape index (κ1) is 12.2. The zero-order chi connectivity index (χ0) is 11.7. The largest absolute Gasteiger partial charge is 0.303 e. The Hall–Kier alpha value is -0.850. The summed E-state index contributed by atoms with van der Waals surface area (Å²) >= 11 is 0. The topological polar surface area (TPSA) is 17.1 Å². The molecule has 0 fully saturated rings. The SMILES string of the molecule is C=C(C)[C@@]1(C(C)(C)C=O)CC=C(C)CC1. The summed E-state index contributed by atoms with van der Waals surface area (Å²) in [6.07, 6.45) is 6.46. The first-order valence-electron chi connectivity index (χ1n) is 5.64. The molecule has 1 nitrogen and oxygen atoms in total. The quantitative estimate of drug-likeness (QED) is 0.505. The average Bonchev–Trinajstić information content (AvgIpc) is 2.18. The molecule has 0 amide bonds. The molecule has 1 atom stereocenters. The average molecular weight is 206 g/mol. The van der Waals surface area contributed by atoms with Gasteiger partial charge in [-0.3, -0.25) is 0 Å². The van der Waals surface area contributed by atoms with Crippen LogP contribution in [0.15, 0.2) is 23.8 Å². The fraction of sp³-hybridized carbons (Fsp3) is 0.643. The molecule has 0 aromatic heterocycles. The van der Waals surface area contributed by atoms with E-state index in [0.717, 1.165) is 31.1 Å². The molecule has 0 aromatic rings. The molecule has 0 radical (unpaired) electrons. The summed E-state index contributed by atoms with van der Waals surface area (Å²) in [6.45, 7) is 12.4. The third kappa shape index (κ3) is 1.92. The zero-order valence-corrected chi connectivity index (χ0v) is 10.4. The van der Waals surface area contributed by atoms with Crippen molar-refractivity contribution >= 4 is 6.29 Å². The van der Waals surface area contributed by atoms with E-state index in [1.54, 1.807) is 0 Å². The van der Waals surface area contributed by atoms with Crippen LogP contribution in [0.4, 0.5) is 0 Å². The number of rotatable bonds is 3. The number of carbonyl (C=O) groups is 1. The van der Waals surface area contributed by atoms with E-state index in [1.807, 2.05) is 13.8 Å². The third-order valence-electron chi connectivity index (χ3n) is 4.09. The van der Waals surface area contributed by atoms with E-state index in [4.69, 9.17) is 0 Å². The molecule has 0 aromatic carbocycles. The van der Waals surface area contributed by atoms with Crippen LogP contribution >= 0.6 is 0 Å². The molecule has 0 aliphatic heterocycles. The second kappa shape index (κ2) is 3.96. The van der Waals surface area contributed by atoms with Crippen LogP contribution in [0.25, 0.3) is 0 Å². The fourth-order valence-corrected chi connectivity index (χ4v) is 2.60. The molecule has 1 aliphatic carbocycles. The van der Waals surface area contributed by atoms with Crippen LogP contribution in [-0.2, 0) is 4.79 Å². The van der Waals surface area contributed by atoms with Crippen LogP contribution in [0, 0.1) is 10.8 Å².